The number of hydrogen-bond acceptors (Lipinski definition) is 6. The fourth-order valence-corrected chi connectivity index (χ4v) is 3.08. The van der Waals surface area contributed by atoms with Gasteiger partial charge in [-0.1, -0.05) is 0 Å². The summed E-state index contributed by atoms with van der Waals surface area (Å²) in [6.45, 7) is 3.42. The highest BCUT2D eigenvalue weighted by atomic mass is 32.1. The Morgan fingerprint density at radius 3 is 2.74 bits per heavy atom. The van der Waals surface area contributed by atoms with Crippen LogP contribution in [0.2, 0.25) is 0 Å². The standard InChI is InChI=1S/C17H24N2O3S/c1-12(20)7-8-19(2)10-13-11-23-17(18-13)15-6-5-14(21-3)9-16(15)22-4/h5-6,9,11-12,20H,7-8,10H2,1-4H3. The van der Waals surface area contributed by atoms with Gasteiger partial charge in [-0.25, -0.2) is 4.98 Å². The number of ether oxygens (including phenoxy) is 2. The Labute approximate surface area is 141 Å². The number of methoxy groups -OCH3 is 2. The van der Waals surface area contributed by atoms with Gasteiger partial charge in [-0.15, -0.1) is 11.3 Å². The van der Waals surface area contributed by atoms with Gasteiger partial charge in [-0.05, 0) is 32.5 Å². The van der Waals surface area contributed by atoms with E-state index in [0.717, 1.165) is 47.3 Å². The Morgan fingerprint density at radius 2 is 2.09 bits per heavy atom. The monoisotopic (exact) mass is 336 g/mol. The van der Waals surface area contributed by atoms with E-state index < -0.39 is 0 Å². The summed E-state index contributed by atoms with van der Waals surface area (Å²) in [4.78, 5) is 6.87. The minimum Gasteiger partial charge on any atom is -0.497 e. The van der Waals surface area contributed by atoms with Crippen molar-refractivity contribution >= 4 is 11.3 Å². The lowest BCUT2D eigenvalue weighted by atomic mass is 10.2. The molecule has 0 aliphatic heterocycles. The van der Waals surface area contributed by atoms with Crippen LogP contribution in [0.5, 0.6) is 11.5 Å². The molecule has 0 spiro atoms. The zero-order chi connectivity index (χ0) is 16.8. The zero-order valence-electron chi connectivity index (χ0n) is 14.1. The third-order valence-electron chi connectivity index (χ3n) is 3.55. The number of rotatable bonds is 8. The highest BCUT2D eigenvalue weighted by Crippen LogP contribution is 2.35. The third-order valence-corrected chi connectivity index (χ3v) is 4.48. The van der Waals surface area contributed by atoms with Crippen molar-refractivity contribution in [1.29, 1.82) is 0 Å². The molecular formula is C17H24N2O3S. The second-order valence-electron chi connectivity index (χ2n) is 5.59. The van der Waals surface area contributed by atoms with Gasteiger partial charge in [-0.2, -0.15) is 0 Å². The normalized spacial score (nSPS) is 12.4. The molecule has 0 aliphatic rings. The van der Waals surface area contributed by atoms with E-state index in [0.29, 0.717) is 0 Å². The van der Waals surface area contributed by atoms with E-state index in [9.17, 15) is 5.11 Å². The number of benzene rings is 1. The van der Waals surface area contributed by atoms with Gasteiger partial charge in [-0.3, -0.25) is 0 Å². The van der Waals surface area contributed by atoms with Crippen LogP contribution in [0.4, 0.5) is 0 Å². The van der Waals surface area contributed by atoms with Crippen LogP contribution in [-0.4, -0.2) is 48.9 Å². The number of aromatic nitrogens is 1. The molecule has 5 nitrogen and oxygen atoms in total. The van der Waals surface area contributed by atoms with E-state index in [2.05, 4.69) is 10.3 Å². The van der Waals surface area contributed by atoms with Crippen molar-refractivity contribution in [3.8, 4) is 22.1 Å². The molecule has 0 fully saturated rings. The minimum atomic E-state index is -0.271. The summed E-state index contributed by atoms with van der Waals surface area (Å²) in [6, 6.07) is 5.75. The van der Waals surface area contributed by atoms with Crippen LogP contribution in [0.25, 0.3) is 10.6 Å². The number of aliphatic hydroxyl groups excluding tert-OH is 1. The van der Waals surface area contributed by atoms with Crippen molar-refractivity contribution < 1.29 is 14.6 Å². The molecular weight excluding hydrogens is 312 g/mol. The molecule has 6 heteroatoms. The van der Waals surface area contributed by atoms with E-state index in [1.807, 2.05) is 32.2 Å². The molecule has 1 atom stereocenters. The molecule has 126 valence electrons. The first-order valence-electron chi connectivity index (χ1n) is 7.57. The van der Waals surface area contributed by atoms with E-state index in [-0.39, 0.29) is 6.10 Å². The van der Waals surface area contributed by atoms with Gasteiger partial charge in [0.05, 0.1) is 31.6 Å². The zero-order valence-corrected chi connectivity index (χ0v) is 14.9. The lowest BCUT2D eigenvalue weighted by molar-refractivity contribution is 0.162. The van der Waals surface area contributed by atoms with Gasteiger partial charge >= 0.3 is 0 Å². The molecule has 0 saturated heterocycles. The maximum atomic E-state index is 9.36. The first-order valence-corrected chi connectivity index (χ1v) is 8.45. The Kier molecular flexibility index (Phi) is 6.38. The van der Waals surface area contributed by atoms with Crippen molar-refractivity contribution in [2.45, 2.75) is 26.0 Å². The van der Waals surface area contributed by atoms with Gasteiger partial charge in [0.15, 0.2) is 0 Å². The van der Waals surface area contributed by atoms with E-state index in [1.54, 1.807) is 25.6 Å². The van der Waals surface area contributed by atoms with Crippen LogP contribution in [0.15, 0.2) is 23.6 Å². The van der Waals surface area contributed by atoms with Crippen molar-refractivity contribution in [1.82, 2.24) is 9.88 Å². The summed E-state index contributed by atoms with van der Waals surface area (Å²) < 4.78 is 10.7. The second kappa shape index (κ2) is 8.29. The predicted molar refractivity (Wildman–Crippen MR) is 93.3 cm³/mol. The summed E-state index contributed by atoms with van der Waals surface area (Å²) >= 11 is 1.60. The van der Waals surface area contributed by atoms with Gasteiger partial charge in [0.2, 0.25) is 0 Å². The topological polar surface area (TPSA) is 54.8 Å². The van der Waals surface area contributed by atoms with Crippen LogP contribution < -0.4 is 9.47 Å². The van der Waals surface area contributed by atoms with E-state index in [1.165, 1.54) is 0 Å². The Balaban J connectivity index is 2.10. The average molecular weight is 336 g/mol. The lowest BCUT2D eigenvalue weighted by Gasteiger charge is -2.15. The molecule has 0 aliphatic carbocycles. The quantitative estimate of drug-likeness (QED) is 0.803. The molecule has 2 rings (SSSR count). The molecule has 1 aromatic carbocycles. The number of aliphatic hydroxyl groups is 1. The molecule has 2 aromatic rings. The molecule has 23 heavy (non-hydrogen) atoms. The summed E-state index contributed by atoms with van der Waals surface area (Å²) in [5, 5.41) is 12.4. The Hall–Kier alpha value is -1.63. The Morgan fingerprint density at radius 1 is 1.30 bits per heavy atom. The molecule has 1 unspecified atom stereocenters. The first kappa shape index (κ1) is 17.7. The molecule has 0 radical (unpaired) electrons. The van der Waals surface area contributed by atoms with E-state index >= 15 is 0 Å². The first-order chi connectivity index (χ1) is 11.0. The lowest BCUT2D eigenvalue weighted by Crippen LogP contribution is -2.22. The molecule has 1 heterocycles. The maximum Gasteiger partial charge on any atom is 0.132 e. The van der Waals surface area contributed by atoms with Gasteiger partial charge in [0.25, 0.3) is 0 Å². The highest BCUT2D eigenvalue weighted by Gasteiger charge is 2.12. The smallest absolute Gasteiger partial charge is 0.132 e. The maximum absolute atomic E-state index is 9.36. The van der Waals surface area contributed by atoms with Crippen LogP contribution in [0.1, 0.15) is 19.0 Å². The molecule has 1 N–H and O–H groups in total. The van der Waals surface area contributed by atoms with Crippen LogP contribution in [0.3, 0.4) is 0 Å². The van der Waals surface area contributed by atoms with Gasteiger partial charge < -0.3 is 19.5 Å². The van der Waals surface area contributed by atoms with Crippen molar-refractivity contribution in [3.63, 3.8) is 0 Å². The molecule has 0 amide bonds. The second-order valence-corrected chi connectivity index (χ2v) is 6.44. The van der Waals surface area contributed by atoms with Crippen molar-refractivity contribution in [2.24, 2.45) is 0 Å². The third kappa shape index (κ3) is 4.92. The van der Waals surface area contributed by atoms with E-state index in [4.69, 9.17) is 14.5 Å². The number of nitrogens with zero attached hydrogens (tertiary/aromatic N) is 2. The number of hydrogen-bond donors (Lipinski definition) is 1. The summed E-state index contributed by atoms with van der Waals surface area (Å²) in [5.74, 6) is 1.52. The molecule has 1 aromatic heterocycles. The fourth-order valence-electron chi connectivity index (χ4n) is 2.24. The van der Waals surface area contributed by atoms with Gasteiger partial charge in [0, 0.05) is 24.5 Å². The van der Waals surface area contributed by atoms with Crippen LogP contribution in [-0.2, 0) is 6.54 Å². The van der Waals surface area contributed by atoms with Crippen LogP contribution in [0, 0.1) is 0 Å². The average Bonchev–Trinajstić information content (AvgIpc) is 3.00. The van der Waals surface area contributed by atoms with Gasteiger partial charge in [0.1, 0.15) is 16.5 Å². The minimum absolute atomic E-state index is 0.271. The summed E-state index contributed by atoms with van der Waals surface area (Å²) in [6.07, 6.45) is 0.492. The predicted octanol–water partition coefficient (Wildman–Crippen LogP) is 3.03. The summed E-state index contributed by atoms with van der Waals surface area (Å²) in [5.41, 5.74) is 1.99. The van der Waals surface area contributed by atoms with Crippen LogP contribution >= 0.6 is 11.3 Å². The fraction of sp³-hybridized carbons (Fsp3) is 0.471. The van der Waals surface area contributed by atoms with Crippen molar-refractivity contribution in [2.75, 3.05) is 27.8 Å². The highest BCUT2D eigenvalue weighted by molar-refractivity contribution is 7.13. The van der Waals surface area contributed by atoms with Crippen molar-refractivity contribution in [3.05, 3.63) is 29.3 Å². The Bertz CT molecular complexity index is 628. The molecule has 0 bridgehead atoms. The molecule has 0 saturated carbocycles. The summed E-state index contributed by atoms with van der Waals surface area (Å²) in [7, 11) is 5.32. The number of thiazole rings is 1. The largest absolute Gasteiger partial charge is 0.497 e. The SMILES string of the molecule is COc1ccc(-c2nc(CN(C)CCC(C)O)cs2)c(OC)c1.